The Hall–Kier alpha value is -1.10. The number of alkyl halides is 1. The number of hydrogen-bond acceptors (Lipinski definition) is 2. The van der Waals surface area contributed by atoms with E-state index in [0.717, 1.165) is 0 Å². The summed E-state index contributed by atoms with van der Waals surface area (Å²) in [5.41, 5.74) is -0.711. The van der Waals surface area contributed by atoms with Crippen molar-refractivity contribution in [2.75, 3.05) is 5.33 Å². The molecule has 0 bridgehead atoms. The van der Waals surface area contributed by atoms with Gasteiger partial charge in [0, 0.05) is 16.3 Å². The third kappa shape index (κ3) is 2.19. The van der Waals surface area contributed by atoms with Gasteiger partial charge in [-0.05, 0) is 6.42 Å². The number of carboxylic acid groups (broad SMARTS) is 2. The van der Waals surface area contributed by atoms with Gasteiger partial charge in [0.2, 0.25) is 0 Å². The molecule has 0 aliphatic heterocycles. The molecule has 0 aromatic carbocycles. The first-order valence-electron chi connectivity index (χ1n) is 4.84. The van der Waals surface area contributed by atoms with Gasteiger partial charge in [0.15, 0.2) is 0 Å². The van der Waals surface area contributed by atoms with Gasteiger partial charge in [-0.1, -0.05) is 41.1 Å². The van der Waals surface area contributed by atoms with Crippen molar-refractivity contribution in [2.24, 2.45) is 11.3 Å². The zero-order valence-electron chi connectivity index (χ0n) is 8.81. The van der Waals surface area contributed by atoms with E-state index in [1.807, 2.05) is 0 Å². The van der Waals surface area contributed by atoms with Crippen LogP contribution in [-0.4, -0.2) is 27.5 Å². The molecule has 0 fully saturated rings. The van der Waals surface area contributed by atoms with E-state index in [1.165, 1.54) is 18.2 Å². The quantitative estimate of drug-likeness (QED) is 0.777. The van der Waals surface area contributed by atoms with E-state index in [4.69, 9.17) is 10.2 Å². The minimum Gasteiger partial charge on any atom is -0.481 e. The van der Waals surface area contributed by atoms with Crippen molar-refractivity contribution >= 4 is 27.9 Å². The molecule has 1 aliphatic carbocycles. The first-order chi connectivity index (χ1) is 7.43. The van der Waals surface area contributed by atoms with Crippen LogP contribution in [0.15, 0.2) is 23.8 Å². The fourth-order valence-corrected chi connectivity index (χ4v) is 2.81. The van der Waals surface area contributed by atoms with Gasteiger partial charge < -0.3 is 10.2 Å². The van der Waals surface area contributed by atoms with E-state index < -0.39 is 23.3 Å². The minimum absolute atomic E-state index is 0.154. The fourth-order valence-electron chi connectivity index (χ4n) is 1.99. The molecule has 1 rings (SSSR count). The molecule has 16 heavy (non-hydrogen) atoms. The molecule has 0 saturated heterocycles. The normalized spacial score (nSPS) is 28.6. The van der Waals surface area contributed by atoms with Gasteiger partial charge in [-0.15, -0.1) is 0 Å². The molecule has 0 amide bonds. The fraction of sp³-hybridized carbons (Fsp3) is 0.455. The Kier molecular flexibility index (Phi) is 3.91. The van der Waals surface area contributed by atoms with Crippen LogP contribution in [0.1, 0.15) is 13.3 Å². The maximum absolute atomic E-state index is 11.1. The Balaban J connectivity index is 3.19. The summed E-state index contributed by atoms with van der Waals surface area (Å²) in [6, 6.07) is 0. The van der Waals surface area contributed by atoms with Crippen molar-refractivity contribution in [3.8, 4) is 0 Å². The van der Waals surface area contributed by atoms with E-state index >= 15 is 0 Å². The highest BCUT2D eigenvalue weighted by atomic mass is 79.9. The molecule has 0 heterocycles. The first-order valence-corrected chi connectivity index (χ1v) is 5.96. The maximum atomic E-state index is 11.1. The number of rotatable bonds is 4. The van der Waals surface area contributed by atoms with Crippen LogP contribution >= 0.6 is 15.9 Å². The molecule has 2 N–H and O–H groups in total. The van der Waals surface area contributed by atoms with E-state index in [-0.39, 0.29) is 5.57 Å². The lowest BCUT2D eigenvalue weighted by Crippen LogP contribution is -2.38. The van der Waals surface area contributed by atoms with Gasteiger partial charge >= 0.3 is 11.9 Å². The molecular formula is C11H13BrO4. The lowest BCUT2D eigenvalue weighted by Gasteiger charge is -2.35. The summed E-state index contributed by atoms with van der Waals surface area (Å²) in [6.07, 6.45) is 4.98. The van der Waals surface area contributed by atoms with Crippen LogP contribution in [0.2, 0.25) is 0 Å². The average Bonchev–Trinajstić information content (AvgIpc) is 2.16. The third-order valence-corrected chi connectivity index (χ3v) is 3.37. The van der Waals surface area contributed by atoms with Crippen LogP contribution in [-0.2, 0) is 9.59 Å². The second kappa shape index (κ2) is 4.82. The molecule has 0 spiro atoms. The molecule has 4 nitrogen and oxygen atoms in total. The highest BCUT2D eigenvalue weighted by molar-refractivity contribution is 9.09. The second-order valence-electron chi connectivity index (χ2n) is 3.94. The number of hydrogen-bond donors (Lipinski definition) is 2. The van der Waals surface area contributed by atoms with Crippen LogP contribution in [0, 0.1) is 11.3 Å². The van der Waals surface area contributed by atoms with Crippen molar-refractivity contribution in [1.29, 1.82) is 0 Å². The number of carbonyl (C=O) groups is 2. The van der Waals surface area contributed by atoms with Crippen LogP contribution in [0.5, 0.6) is 0 Å². The Morgan fingerprint density at radius 3 is 2.56 bits per heavy atom. The van der Waals surface area contributed by atoms with E-state index in [1.54, 1.807) is 6.92 Å². The Labute approximate surface area is 102 Å². The van der Waals surface area contributed by atoms with Crippen LogP contribution in [0.3, 0.4) is 0 Å². The summed E-state index contributed by atoms with van der Waals surface area (Å²) in [7, 11) is 0. The van der Waals surface area contributed by atoms with Crippen LogP contribution in [0.4, 0.5) is 0 Å². The van der Waals surface area contributed by atoms with Crippen molar-refractivity contribution in [2.45, 2.75) is 13.3 Å². The molecule has 5 heteroatoms. The number of allylic oxidation sites excluding steroid dienone is 2. The van der Waals surface area contributed by atoms with Crippen LogP contribution < -0.4 is 0 Å². The highest BCUT2D eigenvalue weighted by Crippen LogP contribution is 2.42. The van der Waals surface area contributed by atoms with Gasteiger partial charge in [-0.25, -0.2) is 4.79 Å². The third-order valence-electron chi connectivity index (χ3n) is 2.98. The van der Waals surface area contributed by atoms with E-state index in [9.17, 15) is 9.59 Å². The lowest BCUT2D eigenvalue weighted by molar-refractivity contribution is -0.144. The average molecular weight is 289 g/mol. The SMILES string of the molecule is CC1(CCBr)C(C(=O)O)=CC=CC1C(=O)O. The number of halogens is 1. The summed E-state index contributed by atoms with van der Waals surface area (Å²) in [5.74, 6) is -2.84. The first kappa shape index (κ1) is 13.0. The van der Waals surface area contributed by atoms with E-state index in [2.05, 4.69) is 15.9 Å². The summed E-state index contributed by atoms with van der Waals surface area (Å²) in [6.45, 7) is 1.68. The Bertz CT molecular complexity index is 372. The zero-order chi connectivity index (χ0) is 12.3. The number of aliphatic carboxylic acids is 2. The van der Waals surface area contributed by atoms with Gasteiger partial charge in [0.05, 0.1) is 5.92 Å². The summed E-state index contributed by atoms with van der Waals surface area (Å²) >= 11 is 3.24. The lowest BCUT2D eigenvalue weighted by atomic mass is 9.67. The van der Waals surface area contributed by atoms with E-state index in [0.29, 0.717) is 11.8 Å². The molecule has 0 saturated carbocycles. The Morgan fingerprint density at radius 2 is 2.12 bits per heavy atom. The summed E-state index contributed by atoms with van der Waals surface area (Å²) in [5, 5.41) is 18.8. The van der Waals surface area contributed by atoms with Gasteiger partial charge in [-0.3, -0.25) is 4.79 Å². The molecule has 0 aromatic rings. The summed E-state index contributed by atoms with van der Waals surface area (Å²) in [4.78, 5) is 22.2. The van der Waals surface area contributed by atoms with Gasteiger partial charge in [0.1, 0.15) is 0 Å². The maximum Gasteiger partial charge on any atom is 0.332 e. The van der Waals surface area contributed by atoms with Crippen molar-refractivity contribution in [3.63, 3.8) is 0 Å². The van der Waals surface area contributed by atoms with Crippen LogP contribution in [0.25, 0.3) is 0 Å². The standard InChI is InChI=1S/C11H13BrO4/c1-11(5-6-12)7(9(13)14)3-2-4-8(11)10(15)16/h2-4,7H,5-6H2,1H3,(H,13,14)(H,15,16). The van der Waals surface area contributed by atoms with Gasteiger partial charge in [0.25, 0.3) is 0 Å². The molecule has 1 aliphatic rings. The highest BCUT2D eigenvalue weighted by Gasteiger charge is 2.44. The minimum atomic E-state index is -1.06. The molecular weight excluding hydrogens is 276 g/mol. The predicted octanol–water partition coefficient (Wildman–Crippen LogP) is 2.06. The second-order valence-corrected chi connectivity index (χ2v) is 4.74. The molecule has 0 radical (unpaired) electrons. The largest absolute Gasteiger partial charge is 0.481 e. The molecule has 0 aromatic heterocycles. The molecule has 2 atom stereocenters. The predicted molar refractivity (Wildman–Crippen MR) is 62.5 cm³/mol. The van der Waals surface area contributed by atoms with Crippen molar-refractivity contribution in [1.82, 2.24) is 0 Å². The molecule has 2 unspecified atom stereocenters. The topological polar surface area (TPSA) is 74.6 Å². The monoisotopic (exact) mass is 288 g/mol. The zero-order valence-corrected chi connectivity index (χ0v) is 10.4. The van der Waals surface area contributed by atoms with Gasteiger partial charge in [-0.2, -0.15) is 0 Å². The Morgan fingerprint density at radius 1 is 1.50 bits per heavy atom. The molecule has 88 valence electrons. The summed E-state index contributed by atoms with van der Waals surface area (Å²) < 4.78 is 0. The van der Waals surface area contributed by atoms with Crippen molar-refractivity contribution < 1.29 is 19.8 Å². The smallest absolute Gasteiger partial charge is 0.332 e. The number of carboxylic acids is 2. The van der Waals surface area contributed by atoms with Crippen molar-refractivity contribution in [3.05, 3.63) is 23.8 Å².